The molecule has 0 aromatic heterocycles. The van der Waals surface area contributed by atoms with Gasteiger partial charge in [0.05, 0.1) is 6.04 Å². The molecule has 1 N–H and O–H groups in total. The summed E-state index contributed by atoms with van der Waals surface area (Å²) in [6.45, 7) is 0.505. The van der Waals surface area contributed by atoms with Gasteiger partial charge in [-0.3, -0.25) is 4.79 Å². The lowest BCUT2D eigenvalue weighted by Gasteiger charge is -2.28. The summed E-state index contributed by atoms with van der Waals surface area (Å²) in [7, 11) is 0. The average molecular weight is 282 g/mol. The summed E-state index contributed by atoms with van der Waals surface area (Å²) in [5.74, 6) is 0. The Bertz CT molecular complexity index is 490. The van der Waals surface area contributed by atoms with Crippen molar-refractivity contribution >= 4 is 24.0 Å². The Balaban J connectivity index is 2.43. The molecule has 1 amide bonds. The minimum atomic E-state index is -0.941. The molecule has 4 nitrogen and oxygen atoms in total. The van der Waals surface area contributed by atoms with Crippen molar-refractivity contribution in [2.24, 2.45) is 0 Å². The fourth-order valence-corrected chi connectivity index (χ4v) is 2.78. The number of halogens is 1. The van der Waals surface area contributed by atoms with E-state index in [0.29, 0.717) is 22.7 Å². The van der Waals surface area contributed by atoms with E-state index in [1.165, 1.54) is 4.90 Å². The predicted octanol–water partition coefficient (Wildman–Crippen LogP) is 3.75. The predicted molar refractivity (Wildman–Crippen MR) is 72.8 cm³/mol. The molecule has 1 saturated heterocycles. The number of hydrogen-bond acceptors (Lipinski definition) is 2. The Morgan fingerprint density at radius 3 is 2.84 bits per heavy atom. The van der Waals surface area contributed by atoms with Crippen LogP contribution in [0, 0.1) is 0 Å². The maximum atomic E-state index is 11.4. The zero-order chi connectivity index (χ0) is 13.8. The zero-order valence-electron chi connectivity index (χ0n) is 10.5. The van der Waals surface area contributed by atoms with E-state index in [0.717, 1.165) is 32.0 Å². The second-order valence-electron chi connectivity index (χ2n) is 4.73. The summed E-state index contributed by atoms with van der Waals surface area (Å²) in [6.07, 6.45) is 3.38. The summed E-state index contributed by atoms with van der Waals surface area (Å²) in [4.78, 5) is 23.9. The fraction of sp³-hybridized carbons (Fsp3) is 0.429. The maximum Gasteiger partial charge on any atom is 0.407 e. The summed E-state index contributed by atoms with van der Waals surface area (Å²) >= 11 is 5.98. The summed E-state index contributed by atoms with van der Waals surface area (Å²) in [5, 5.41) is 9.86. The fourth-order valence-electron chi connectivity index (χ4n) is 2.60. The minimum Gasteiger partial charge on any atom is -0.465 e. The molecular formula is C14H16ClNO3. The van der Waals surface area contributed by atoms with Crippen molar-refractivity contribution in [1.82, 2.24) is 4.90 Å². The summed E-state index contributed by atoms with van der Waals surface area (Å²) < 4.78 is 0. The topological polar surface area (TPSA) is 57.6 Å². The molecule has 1 aromatic carbocycles. The average Bonchev–Trinajstić information content (AvgIpc) is 2.64. The number of rotatable bonds is 2. The van der Waals surface area contributed by atoms with E-state index >= 15 is 0 Å². The van der Waals surface area contributed by atoms with Crippen LogP contribution in [-0.4, -0.2) is 28.9 Å². The second kappa shape index (κ2) is 6.06. The van der Waals surface area contributed by atoms with Gasteiger partial charge in [-0.15, -0.1) is 0 Å². The van der Waals surface area contributed by atoms with Gasteiger partial charge in [0.15, 0.2) is 0 Å². The highest BCUT2D eigenvalue weighted by Crippen LogP contribution is 2.33. The lowest BCUT2D eigenvalue weighted by atomic mass is 9.96. The molecule has 2 rings (SSSR count). The monoisotopic (exact) mass is 281 g/mol. The van der Waals surface area contributed by atoms with Crippen molar-refractivity contribution in [1.29, 1.82) is 0 Å². The zero-order valence-corrected chi connectivity index (χ0v) is 11.3. The van der Waals surface area contributed by atoms with Crippen molar-refractivity contribution in [3.05, 3.63) is 34.3 Å². The highest BCUT2D eigenvalue weighted by molar-refractivity contribution is 6.30. The number of carbonyl (C=O) groups excluding carboxylic acids is 1. The first-order valence-electron chi connectivity index (χ1n) is 6.37. The van der Waals surface area contributed by atoms with Gasteiger partial charge in [-0.25, -0.2) is 4.79 Å². The number of aldehydes is 1. The molecule has 1 aliphatic rings. The Hall–Kier alpha value is -1.55. The van der Waals surface area contributed by atoms with Crippen molar-refractivity contribution in [2.45, 2.75) is 31.7 Å². The van der Waals surface area contributed by atoms with Gasteiger partial charge in [-0.1, -0.05) is 24.4 Å². The molecule has 1 aromatic rings. The van der Waals surface area contributed by atoms with E-state index in [2.05, 4.69) is 0 Å². The normalized spacial score (nSPS) is 19.8. The Labute approximate surface area is 117 Å². The highest BCUT2D eigenvalue weighted by Gasteiger charge is 2.28. The van der Waals surface area contributed by atoms with Gasteiger partial charge < -0.3 is 10.0 Å². The number of hydrogen-bond donors (Lipinski definition) is 1. The van der Waals surface area contributed by atoms with E-state index in [4.69, 9.17) is 11.6 Å². The van der Waals surface area contributed by atoms with E-state index < -0.39 is 6.09 Å². The Kier molecular flexibility index (Phi) is 4.43. The largest absolute Gasteiger partial charge is 0.465 e. The van der Waals surface area contributed by atoms with Crippen LogP contribution >= 0.6 is 11.6 Å². The first kappa shape index (κ1) is 13.9. The third-order valence-electron chi connectivity index (χ3n) is 3.53. The third-order valence-corrected chi connectivity index (χ3v) is 3.77. The molecule has 19 heavy (non-hydrogen) atoms. The van der Waals surface area contributed by atoms with Gasteiger partial charge in [-0.05, 0) is 36.6 Å². The molecule has 1 heterocycles. The molecule has 0 unspecified atom stereocenters. The van der Waals surface area contributed by atoms with E-state index in [1.54, 1.807) is 18.2 Å². The van der Waals surface area contributed by atoms with Crippen LogP contribution in [0.5, 0.6) is 0 Å². The van der Waals surface area contributed by atoms with Crippen LogP contribution in [0.25, 0.3) is 0 Å². The molecule has 0 spiro atoms. The van der Waals surface area contributed by atoms with Crippen LogP contribution in [0.4, 0.5) is 4.79 Å². The molecule has 1 fully saturated rings. The van der Waals surface area contributed by atoms with Gasteiger partial charge >= 0.3 is 6.09 Å². The number of carboxylic acid groups (broad SMARTS) is 1. The first-order valence-corrected chi connectivity index (χ1v) is 6.75. The molecule has 0 aliphatic carbocycles. The lowest BCUT2D eigenvalue weighted by Crippen LogP contribution is -2.34. The van der Waals surface area contributed by atoms with Crippen molar-refractivity contribution in [2.75, 3.05) is 6.54 Å². The SMILES string of the molecule is O=Cc1ccc(Cl)cc1[C@H]1CCCCCN1C(=O)O. The summed E-state index contributed by atoms with van der Waals surface area (Å²) in [5.41, 5.74) is 1.23. The smallest absolute Gasteiger partial charge is 0.407 e. The Morgan fingerprint density at radius 1 is 1.37 bits per heavy atom. The standard InChI is InChI=1S/C14H16ClNO3/c15-11-6-5-10(9-17)12(8-11)13-4-2-1-3-7-16(13)14(18)19/h5-6,8-9,13H,1-4,7H2,(H,18,19)/t13-/m1/s1. The Morgan fingerprint density at radius 2 is 2.16 bits per heavy atom. The molecule has 0 saturated carbocycles. The molecular weight excluding hydrogens is 266 g/mol. The molecule has 102 valence electrons. The third kappa shape index (κ3) is 3.07. The first-order chi connectivity index (χ1) is 9.13. The molecule has 1 atom stereocenters. The number of likely N-dealkylation sites (tertiary alicyclic amines) is 1. The van der Waals surface area contributed by atoms with E-state index in [-0.39, 0.29) is 6.04 Å². The van der Waals surface area contributed by atoms with E-state index in [1.807, 2.05) is 0 Å². The second-order valence-corrected chi connectivity index (χ2v) is 5.17. The highest BCUT2D eigenvalue weighted by atomic mass is 35.5. The van der Waals surface area contributed by atoms with Crippen LogP contribution in [0.15, 0.2) is 18.2 Å². The number of amides is 1. The van der Waals surface area contributed by atoms with Gasteiger partial charge in [0, 0.05) is 17.1 Å². The van der Waals surface area contributed by atoms with Gasteiger partial charge in [0.25, 0.3) is 0 Å². The van der Waals surface area contributed by atoms with Crippen molar-refractivity contribution in [3.8, 4) is 0 Å². The van der Waals surface area contributed by atoms with Gasteiger partial charge in [0.2, 0.25) is 0 Å². The van der Waals surface area contributed by atoms with Crippen LogP contribution in [0.2, 0.25) is 5.02 Å². The maximum absolute atomic E-state index is 11.4. The van der Waals surface area contributed by atoms with Crippen LogP contribution in [0.1, 0.15) is 47.6 Å². The van der Waals surface area contributed by atoms with Crippen LogP contribution in [-0.2, 0) is 0 Å². The van der Waals surface area contributed by atoms with Crippen LogP contribution < -0.4 is 0 Å². The molecule has 0 radical (unpaired) electrons. The minimum absolute atomic E-state index is 0.279. The van der Waals surface area contributed by atoms with Gasteiger partial charge in [0.1, 0.15) is 6.29 Å². The lowest BCUT2D eigenvalue weighted by molar-refractivity contribution is 0.111. The van der Waals surface area contributed by atoms with Crippen molar-refractivity contribution in [3.63, 3.8) is 0 Å². The number of nitrogens with zero attached hydrogens (tertiary/aromatic N) is 1. The number of benzene rings is 1. The number of carbonyl (C=O) groups is 2. The van der Waals surface area contributed by atoms with Gasteiger partial charge in [-0.2, -0.15) is 0 Å². The summed E-state index contributed by atoms with van der Waals surface area (Å²) in [6, 6.07) is 4.72. The van der Waals surface area contributed by atoms with E-state index in [9.17, 15) is 14.7 Å². The quantitative estimate of drug-likeness (QED) is 0.840. The molecule has 0 bridgehead atoms. The molecule has 5 heteroatoms. The van der Waals surface area contributed by atoms with Crippen LogP contribution in [0.3, 0.4) is 0 Å². The van der Waals surface area contributed by atoms with Crippen molar-refractivity contribution < 1.29 is 14.7 Å². The molecule has 1 aliphatic heterocycles.